The zero-order valence-electron chi connectivity index (χ0n) is 15.9. The van der Waals surface area contributed by atoms with Gasteiger partial charge in [0.2, 0.25) is 0 Å². The van der Waals surface area contributed by atoms with Gasteiger partial charge in [-0.1, -0.05) is 29.8 Å². The molecule has 6 nitrogen and oxygen atoms in total. The largest absolute Gasteiger partial charge is 0.494 e. The van der Waals surface area contributed by atoms with E-state index in [1.54, 1.807) is 6.07 Å². The highest BCUT2D eigenvalue weighted by Crippen LogP contribution is 2.37. The predicted octanol–water partition coefficient (Wildman–Crippen LogP) is 4.77. The minimum atomic E-state index is -4.44. The van der Waals surface area contributed by atoms with Crippen molar-refractivity contribution < 1.29 is 31.5 Å². The van der Waals surface area contributed by atoms with Crippen LogP contribution in [0.25, 0.3) is 11.1 Å². The van der Waals surface area contributed by atoms with Crippen molar-refractivity contribution in [1.29, 1.82) is 0 Å². The summed E-state index contributed by atoms with van der Waals surface area (Å²) in [5.74, 6) is -2.65. The Morgan fingerprint density at radius 2 is 1.84 bits per heavy atom. The number of carbonyl (C=O) groups excluding carboxylic acids is 1. The Labute approximate surface area is 181 Å². The average Bonchev–Trinajstić information content (AvgIpc) is 2.73. The molecule has 0 atom stereocenters. The first-order chi connectivity index (χ1) is 14.7. The fourth-order valence-corrected chi connectivity index (χ4v) is 4.88. The van der Waals surface area contributed by atoms with Gasteiger partial charge in [-0.25, -0.2) is 22.0 Å². The Morgan fingerprint density at radius 3 is 2.58 bits per heavy atom. The summed E-state index contributed by atoms with van der Waals surface area (Å²) in [7, 11) is -3.24. The number of halogens is 3. The molecule has 0 saturated carbocycles. The van der Waals surface area contributed by atoms with Crippen molar-refractivity contribution in [2.75, 3.05) is 11.8 Å². The van der Waals surface area contributed by atoms with Crippen LogP contribution in [0.4, 0.5) is 14.5 Å². The molecule has 0 aromatic heterocycles. The van der Waals surface area contributed by atoms with Crippen molar-refractivity contribution in [1.82, 2.24) is 0 Å². The van der Waals surface area contributed by atoms with Gasteiger partial charge in [0.25, 0.3) is 10.0 Å². The Balaban J connectivity index is 2.01. The zero-order valence-corrected chi connectivity index (χ0v) is 17.5. The Morgan fingerprint density at radius 1 is 1.06 bits per heavy atom. The van der Waals surface area contributed by atoms with Gasteiger partial charge in [-0.2, -0.15) is 0 Å². The molecule has 1 aliphatic rings. The molecule has 0 unspecified atom stereocenters. The first-order valence-electron chi connectivity index (χ1n) is 8.86. The standard InChI is InChI=1S/C21H14ClF2NO5S/c1-29-20-15(22)7-12-9-19(20)31(27,28)25-18-8-11(5-6-17(18)24)13-3-2-4-16(23)14(13)10-30-21(12)26/h2-9,25H,10H2,1H3. The van der Waals surface area contributed by atoms with Gasteiger partial charge < -0.3 is 9.47 Å². The van der Waals surface area contributed by atoms with E-state index in [2.05, 4.69) is 4.72 Å². The number of carbonyl (C=O) groups is 1. The van der Waals surface area contributed by atoms with E-state index in [1.807, 2.05) is 0 Å². The maximum atomic E-state index is 14.5. The van der Waals surface area contributed by atoms with Crippen LogP contribution in [0.3, 0.4) is 0 Å². The Kier molecular flexibility index (Phi) is 5.32. The molecule has 1 aliphatic heterocycles. The number of hydrogen-bond donors (Lipinski definition) is 1. The minimum absolute atomic E-state index is 0.0512. The number of ether oxygens (including phenoxy) is 2. The van der Waals surface area contributed by atoms with E-state index in [0.29, 0.717) is 11.1 Å². The average molecular weight is 466 g/mol. The van der Waals surface area contributed by atoms with Crippen LogP contribution in [0.15, 0.2) is 53.4 Å². The third-order valence-electron chi connectivity index (χ3n) is 4.73. The van der Waals surface area contributed by atoms with E-state index in [-0.39, 0.29) is 27.6 Å². The molecule has 31 heavy (non-hydrogen) atoms. The lowest BCUT2D eigenvalue weighted by molar-refractivity contribution is 0.0469. The molecule has 0 saturated heterocycles. The summed E-state index contributed by atoms with van der Waals surface area (Å²) < 4.78 is 67.5. The number of esters is 1. The quantitative estimate of drug-likeness (QED) is 0.524. The molecule has 1 N–H and O–H groups in total. The van der Waals surface area contributed by atoms with Crippen LogP contribution in [-0.2, 0) is 21.4 Å². The van der Waals surface area contributed by atoms with Gasteiger partial charge in [-0.05, 0) is 41.5 Å². The lowest BCUT2D eigenvalue weighted by Crippen LogP contribution is -2.16. The normalized spacial score (nSPS) is 14.8. The maximum absolute atomic E-state index is 14.5. The second-order valence-electron chi connectivity index (χ2n) is 6.63. The van der Waals surface area contributed by atoms with Gasteiger partial charge in [-0.15, -0.1) is 0 Å². The molecule has 3 aromatic carbocycles. The van der Waals surface area contributed by atoms with E-state index in [1.165, 1.54) is 37.4 Å². The smallest absolute Gasteiger partial charge is 0.338 e. The second kappa shape index (κ2) is 7.82. The molecule has 0 radical (unpaired) electrons. The summed E-state index contributed by atoms with van der Waals surface area (Å²) in [6.07, 6.45) is 0. The number of methoxy groups -OCH3 is 1. The molecule has 4 rings (SSSR count). The summed E-state index contributed by atoms with van der Waals surface area (Å²) in [5, 5.41) is -0.173. The first-order valence-corrected chi connectivity index (χ1v) is 10.7. The molecule has 0 fully saturated rings. The lowest BCUT2D eigenvalue weighted by atomic mass is 9.99. The van der Waals surface area contributed by atoms with Gasteiger partial charge in [0.1, 0.15) is 23.1 Å². The number of cyclic esters (lactones) is 1. The highest BCUT2D eigenvalue weighted by molar-refractivity contribution is 7.92. The van der Waals surface area contributed by atoms with Gasteiger partial charge in [0, 0.05) is 5.56 Å². The number of benzene rings is 3. The van der Waals surface area contributed by atoms with Crippen LogP contribution in [0.1, 0.15) is 15.9 Å². The fourth-order valence-electron chi connectivity index (χ4n) is 3.25. The molecule has 1 heterocycles. The number of fused-ring (bicyclic) bond motifs is 6. The summed E-state index contributed by atoms with van der Waals surface area (Å²) in [4.78, 5) is 12.1. The predicted molar refractivity (Wildman–Crippen MR) is 110 cm³/mol. The Bertz CT molecular complexity index is 1330. The number of nitrogens with one attached hydrogen (secondary N) is 1. The molecular formula is C21H14ClF2NO5S. The molecule has 0 spiro atoms. The van der Waals surface area contributed by atoms with Crippen molar-refractivity contribution >= 4 is 33.3 Å². The van der Waals surface area contributed by atoms with Crippen LogP contribution in [0.5, 0.6) is 5.75 Å². The second-order valence-corrected chi connectivity index (χ2v) is 8.69. The third-order valence-corrected chi connectivity index (χ3v) is 6.38. The van der Waals surface area contributed by atoms with Gasteiger partial charge in [0.05, 0.1) is 23.4 Å². The fraction of sp³-hybridized carbons (Fsp3) is 0.0952. The summed E-state index contributed by atoms with van der Waals surface area (Å²) in [6, 6.07) is 10.00. The number of sulfonamides is 1. The van der Waals surface area contributed by atoms with Crippen LogP contribution in [0.2, 0.25) is 5.02 Å². The highest BCUT2D eigenvalue weighted by Gasteiger charge is 2.27. The molecule has 0 amide bonds. The summed E-state index contributed by atoms with van der Waals surface area (Å²) in [6.45, 7) is -0.438. The number of rotatable bonds is 1. The van der Waals surface area contributed by atoms with Gasteiger partial charge in [0.15, 0.2) is 5.75 Å². The van der Waals surface area contributed by atoms with Crippen molar-refractivity contribution in [2.24, 2.45) is 0 Å². The van der Waals surface area contributed by atoms with E-state index >= 15 is 0 Å². The van der Waals surface area contributed by atoms with Crippen LogP contribution in [-0.4, -0.2) is 21.5 Å². The number of anilines is 1. The minimum Gasteiger partial charge on any atom is -0.494 e. The first kappa shape index (κ1) is 21.1. The summed E-state index contributed by atoms with van der Waals surface area (Å²) >= 11 is 6.11. The number of hydrogen-bond acceptors (Lipinski definition) is 5. The topological polar surface area (TPSA) is 81.7 Å². The van der Waals surface area contributed by atoms with Crippen molar-refractivity contribution in [2.45, 2.75) is 11.5 Å². The maximum Gasteiger partial charge on any atom is 0.338 e. The molecule has 10 heteroatoms. The molecule has 3 aromatic rings. The lowest BCUT2D eigenvalue weighted by Gasteiger charge is -2.15. The van der Waals surface area contributed by atoms with Crippen LogP contribution in [0, 0.1) is 11.6 Å². The summed E-state index contributed by atoms with van der Waals surface area (Å²) in [5.41, 5.74) is 0.115. The van der Waals surface area contributed by atoms with E-state index < -0.39 is 39.1 Å². The third kappa shape index (κ3) is 3.82. The Hall–Kier alpha value is -3.17. The van der Waals surface area contributed by atoms with Gasteiger partial charge >= 0.3 is 5.97 Å². The molecule has 0 aliphatic carbocycles. The molecule has 4 bridgehead atoms. The van der Waals surface area contributed by atoms with Crippen LogP contribution < -0.4 is 9.46 Å². The molecular weight excluding hydrogens is 452 g/mol. The highest BCUT2D eigenvalue weighted by atomic mass is 35.5. The SMILES string of the molecule is COc1c(Cl)cc2cc1S(=O)(=O)Nc1cc(ccc1F)-c1cccc(F)c1COC2=O. The van der Waals surface area contributed by atoms with E-state index in [0.717, 1.165) is 12.1 Å². The van der Waals surface area contributed by atoms with Gasteiger partial charge in [-0.3, -0.25) is 4.72 Å². The van der Waals surface area contributed by atoms with Crippen molar-refractivity contribution in [3.63, 3.8) is 0 Å². The van der Waals surface area contributed by atoms with Crippen molar-refractivity contribution in [3.8, 4) is 16.9 Å². The van der Waals surface area contributed by atoms with Crippen molar-refractivity contribution in [3.05, 3.63) is 76.3 Å². The molecule has 160 valence electrons. The monoisotopic (exact) mass is 465 g/mol. The van der Waals surface area contributed by atoms with Crippen LogP contribution >= 0.6 is 11.6 Å². The van der Waals surface area contributed by atoms with E-state index in [9.17, 15) is 22.0 Å². The zero-order chi connectivity index (χ0) is 22.3. The van der Waals surface area contributed by atoms with E-state index in [4.69, 9.17) is 21.1 Å².